The Morgan fingerprint density at radius 2 is 1.79 bits per heavy atom. The second-order valence-corrected chi connectivity index (χ2v) is 9.95. The summed E-state index contributed by atoms with van der Waals surface area (Å²) in [5.41, 5.74) is 2.12. The summed E-state index contributed by atoms with van der Waals surface area (Å²) in [6.45, 7) is 3.43. The quantitative estimate of drug-likeness (QED) is 0.546. The molecule has 0 heterocycles. The first-order valence-electron chi connectivity index (χ1n) is 10.4. The summed E-state index contributed by atoms with van der Waals surface area (Å²) >= 11 is 6.18. The molecule has 1 unspecified atom stereocenters. The van der Waals surface area contributed by atoms with Gasteiger partial charge in [0, 0.05) is 13.6 Å². The number of nitrogens with zero attached hydrogens (tertiary/aromatic N) is 2. The lowest BCUT2D eigenvalue weighted by Crippen LogP contribution is -2.51. The van der Waals surface area contributed by atoms with Crippen LogP contribution in [0.25, 0.3) is 0 Å². The molecule has 8 nitrogen and oxygen atoms in total. The number of sulfonamides is 1. The number of nitrogens with one attached hydrogen (secondary N) is 1. The number of methoxy groups -OCH3 is 1. The zero-order valence-corrected chi connectivity index (χ0v) is 21.0. The zero-order valence-electron chi connectivity index (χ0n) is 19.5. The van der Waals surface area contributed by atoms with Gasteiger partial charge in [0.25, 0.3) is 0 Å². The van der Waals surface area contributed by atoms with Crippen LogP contribution in [0.3, 0.4) is 0 Å². The molecule has 0 radical (unpaired) electrons. The summed E-state index contributed by atoms with van der Waals surface area (Å²) in [6, 6.07) is 11.3. The van der Waals surface area contributed by atoms with Crippen molar-refractivity contribution in [1.82, 2.24) is 10.2 Å². The SMILES string of the molecule is CCC(C(=O)NC)N(Cc1ccc(C)cc1)C(=O)CN(c1ccc(OC)c(Cl)c1)S(C)(=O)=O. The number of halogens is 1. The molecule has 2 aromatic carbocycles. The van der Waals surface area contributed by atoms with E-state index in [1.54, 1.807) is 6.92 Å². The van der Waals surface area contributed by atoms with Crippen LogP contribution in [0.15, 0.2) is 42.5 Å². The fraction of sp³-hybridized carbons (Fsp3) is 0.391. The molecule has 0 saturated heterocycles. The second-order valence-electron chi connectivity index (χ2n) is 7.63. The normalized spacial score (nSPS) is 12.1. The van der Waals surface area contributed by atoms with Crippen LogP contribution in [-0.2, 0) is 26.2 Å². The van der Waals surface area contributed by atoms with Crippen molar-refractivity contribution in [2.75, 3.05) is 31.3 Å². The van der Waals surface area contributed by atoms with Gasteiger partial charge in [0.1, 0.15) is 18.3 Å². The summed E-state index contributed by atoms with van der Waals surface area (Å²) < 4.78 is 31.3. The van der Waals surface area contributed by atoms with Crippen LogP contribution in [0, 0.1) is 6.92 Å². The lowest BCUT2D eigenvalue weighted by atomic mass is 10.1. The van der Waals surface area contributed by atoms with Crippen LogP contribution in [0.5, 0.6) is 5.75 Å². The third-order valence-electron chi connectivity index (χ3n) is 5.21. The van der Waals surface area contributed by atoms with Crippen LogP contribution in [0.1, 0.15) is 24.5 Å². The van der Waals surface area contributed by atoms with Gasteiger partial charge < -0.3 is 15.0 Å². The Morgan fingerprint density at radius 1 is 1.15 bits per heavy atom. The lowest BCUT2D eigenvalue weighted by Gasteiger charge is -2.32. The molecule has 2 aromatic rings. The van der Waals surface area contributed by atoms with E-state index in [0.717, 1.165) is 21.7 Å². The highest BCUT2D eigenvalue weighted by Gasteiger charge is 2.31. The van der Waals surface area contributed by atoms with Crippen LogP contribution in [0.4, 0.5) is 5.69 Å². The summed E-state index contributed by atoms with van der Waals surface area (Å²) in [7, 11) is -0.882. The topological polar surface area (TPSA) is 96.0 Å². The Hall–Kier alpha value is -2.78. The van der Waals surface area contributed by atoms with Crippen LogP contribution in [0.2, 0.25) is 5.02 Å². The van der Waals surface area contributed by atoms with Gasteiger partial charge in [-0.05, 0) is 37.1 Å². The summed E-state index contributed by atoms with van der Waals surface area (Å²) in [5, 5.41) is 2.80. The molecular formula is C23H30ClN3O5S. The first-order valence-corrected chi connectivity index (χ1v) is 12.6. The number of anilines is 1. The highest BCUT2D eigenvalue weighted by atomic mass is 35.5. The minimum absolute atomic E-state index is 0.159. The van der Waals surface area contributed by atoms with Gasteiger partial charge in [-0.25, -0.2) is 8.42 Å². The molecule has 0 aliphatic heterocycles. The zero-order chi connectivity index (χ0) is 24.8. The number of hydrogen-bond acceptors (Lipinski definition) is 5. The van der Waals surface area contributed by atoms with E-state index in [1.807, 2.05) is 31.2 Å². The molecule has 0 saturated carbocycles. The molecule has 0 fully saturated rings. The number of aryl methyl sites for hydroxylation is 1. The molecule has 0 aromatic heterocycles. The number of hydrogen-bond donors (Lipinski definition) is 1. The largest absolute Gasteiger partial charge is 0.495 e. The average Bonchev–Trinajstić information content (AvgIpc) is 2.77. The maximum atomic E-state index is 13.5. The van der Waals surface area contributed by atoms with E-state index in [9.17, 15) is 18.0 Å². The van der Waals surface area contributed by atoms with Crippen LogP contribution >= 0.6 is 11.6 Å². The van der Waals surface area contributed by atoms with Crippen LogP contribution < -0.4 is 14.4 Å². The number of benzene rings is 2. The first-order chi connectivity index (χ1) is 15.5. The van der Waals surface area contributed by atoms with Gasteiger partial charge in [-0.2, -0.15) is 0 Å². The fourth-order valence-electron chi connectivity index (χ4n) is 3.40. The van der Waals surface area contributed by atoms with Gasteiger partial charge in [-0.1, -0.05) is 48.4 Å². The van der Waals surface area contributed by atoms with Gasteiger partial charge in [0.2, 0.25) is 21.8 Å². The lowest BCUT2D eigenvalue weighted by molar-refractivity contribution is -0.140. The minimum Gasteiger partial charge on any atom is -0.495 e. The van der Waals surface area contributed by atoms with Crippen molar-refractivity contribution in [1.29, 1.82) is 0 Å². The predicted molar refractivity (Wildman–Crippen MR) is 130 cm³/mol. The minimum atomic E-state index is -3.83. The molecule has 33 heavy (non-hydrogen) atoms. The first kappa shape index (κ1) is 26.5. The smallest absolute Gasteiger partial charge is 0.244 e. The molecule has 0 aliphatic carbocycles. The second kappa shape index (κ2) is 11.4. The summed E-state index contributed by atoms with van der Waals surface area (Å²) in [6.07, 6.45) is 1.38. The van der Waals surface area contributed by atoms with E-state index in [-0.39, 0.29) is 23.2 Å². The molecule has 0 spiro atoms. The van der Waals surface area contributed by atoms with E-state index < -0.39 is 28.5 Å². The molecule has 1 N–H and O–H groups in total. The third kappa shape index (κ3) is 6.85. The van der Waals surface area contributed by atoms with E-state index >= 15 is 0 Å². The van der Waals surface area contributed by atoms with Crippen molar-refractivity contribution in [3.05, 3.63) is 58.6 Å². The molecule has 2 rings (SSSR count). The third-order valence-corrected chi connectivity index (χ3v) is 6.64. The fourth-order valence-corrected chi connectivity index (χ4v) is 4.49. The van der Waals surface area contributed by atoms with E-state index in [4.69, 9.17) is 16.3 Å². The van der Waals surface area contributed by atoms with Gasteiger partial charge in [0.15, 0.2) is 0 Å². The highest BCUT2D eigenvalue weighted by molar-refractivity contribution is 7.92. The Balaban J connectivity index is 2.44. The summed E-state index contributed by atoms with van der Waals surface area (Å²) in [5.74, 6) is -0.452. The molecule has 0 bridgehead atoms. The Kier molecular flexibility index (Phi) is 9.13. The average molecular weight is 496 g/mol. The molecule has 180 valence electrons. The van der Waals surface area contributed by atoms with Crippen molar-refractivity contribution in [3.63, 3.8) is 0 Å². The maximum Gasteiger partial charge on any atom is 0.244 e. The van der Waals surface area contributed by atoms with Crippen LogP contribution in [-0.4, -0.2) is 58.1 Å². The van der Waals surface area contributed by atoms with Crippen molar-refractivity contribution in [2.24, 2.45) is 0 Å². The number of carbonyl (C=O) groups is 2. The molecule has 1 atom stereocenters. The maximum absolute atomic E-state index is 13.5. The van der Waals surface area contributed by atoms with E-state index in [2.05, 4.69) is 5.32 Å². The monoisotopic (exact) mass is 495 g/mol. The van der Waals surface area contributed by atoms with E-state index in [0.29, 0.717) is 12.2 Å². The van der Waals surface area contributed by atoms with Gasteiger partial charge in [0.05, 0.1) is 24.1 Å². The molecule has 2 amide bonds. The summed E-state index contributed by atoms with van der Waals surface area (Å²) in [4.78, 5) is 27.4. The molecule has 0 aliphatic rings. The standard InChI is InChI=1S/C23H30ClN3O5S/c1-6-20(23(29)25-3)26(14-17-9-7-16(2)8-10-17)22(28)15-27(33(5,30)31)18-11-12-21(32-4)19(24)13-18/h7-13,20H,6,14-15H2,1-5H3,(H,25,29). The van der Waals surface area contributed by atoms with Crippen molar-refractivity contribution < 1.29 is 22.7 Å². The van der Waals surface area contributed by atoms with Crippen molar-refractivity contribution in [3.8, 4) is 5.75 Å². The van der Waals surface area contributed by atoms with Gasteiger partial charge >= 0.3 is 0 Å². The molecule has 10 heteroatoms. The van der Waals surface area contributed by atoms with Gasteiger partial charge in [-0.3, -0.25) is 13.9 Å². The Labute approximate surface area is 200 Å². The number of likely N-dealkylation sites (N-methyl/N-ethyl adjacent to an activating group) is 1. The van der Waals surface area contributed by atoms with Crippen molar-refractivity contribution >= 4 is 39.1 Å². The van der Waals surface area contributed by atoms with Crippen molar-refractivity contribution in [2.45, 2.75) is 32.9 Å². The Morgan fingerprint density at radius 3 is 2.27 bits per heavy atom. The number of amides is 2. The Bertz CT molecular complexity index is 1090. The molecular weight excluding hydrogens is 466 g/mol. The highest BCUT2D eigenvalue weighted by Crippen LogP contribution is 2.30. The number of rotatable bonds is 10. The van der Waals surface area contributed by atoms with Gasteiger partial charge in [-0.15, -0.1) is 0 Å². The number of carbonyl (C=O) groups excluding carboxylic acids is 2. The number of ether oxygens (including phenoxy) is 1. The van der Waals surface area contributed by atoms with E-state index in [1.165, 1.54) is 37.3 Å². The predicted octanol–water partition coefficient (Wildman–Crippen LogP) is 2.98.